The average Bonchev–Trinajstić information content (AvgIpc) is 2.71. The number of hydrogen-bond donors (Lipinski definition) is 1. The fourth-order valence-electron chi connectivity index (χ4n) is 1.89. The summed E-state index contributed by atoms with van der Waals surface area (Å²) in [4.78, 5) is 3.55. The molecular formula is C13H16N2S. The highest BCUT2D eigenvalue weighted by molar-refractivity contribution is 7.10. The third kappa shape index (κ3) is 2.26. The number of anilines is 1. The van der Waals surface area contributed by atoms with E-state index in [2.05, 4.69) is 42.6 Å². The van der Waals surface area contributed by atoms with E-state index in [1.807, 2.05) is 18.2 Å². The van der Waals surface area contributed by atoms with Gasteiger partial charge in [-0.25, -0.2) is 0 Å². The lowest BCUT2D eigenvalue weighted by Crippen LogP contribution is -2.20. The highest BCUT2D eigenvalue weighted by Gasteiger charge is 2.17. The molecule has 1 aromatic heterocycles. The molecule has 0 aliphatic carbocycles. The van der Waals surface area contributed by atoms with E-state index in [0.717, 1.165) is 5.69 Å². The van der Waals surface area contributed by atoms with Gasteiger partial charge in [0.15, 0.2) is 0 Å². The van der Waals surface area contributed by atoms with Crippen molar-refractivity contribution in [3.63, 3.8) is 0 Å². The van der Waals surface area contributed by atoms with Crippen LogP contribution in [0.2, 0.25) is 0 Å². The van der Waals surface area contributed by atoms with Crippen molar-refractivity contribution < 1.29 is 0 Å². The number of rotatable bonds is 3. The van der Waals surface area contributed by atoms with Crippen LogP contribution in [0.4, 0.5) is 5.69 Å². The van der Waals surface area contributed by atoms with E-state index in [9.17, 15) is 0 Å². The minimum atomic E-state index is 0.295. The van der Waals surface area contributed by atoms with Gasteiger partial charge in [-0.05, 0) is 43.2 Å². The smallest absolute Gasteiger partial charge is 0.0691 e. The van der Waals surface area contributed by atoms with Gasteiger partial charge in [-0.2, -0.15) is 0 Å². The second kappa shape index (κ2) is 4.68. The molecule has 2 aromatic rings. The molecule has 0 bridgehead atoms. The first-order chi connectivity index (χ1) is 7.68. The summed E-state index contributed by atoms with van der Waals surface area (Å²) in [6.07, 6.45) is 0. The minimum absolute atomic E-state index is 0.295. The van der Waals surface area contributed by atoms with Crippen LogP contribution >= 0.6 is 11.3 Å². The van der Waals surface area contributed by atoms with Crippen LogP contribution in [0.1, 0.15) is 16.5 Å². The Morgan fingerprint density at radius 2 is 2.00 bits per heavy atom. The summed E-state index contributed by atoms with van der Waals surface area (Å²) < 4.78 is 0. The number of nitrogen functional groups attached to an aromatic ring is 1. The highest BCUT2D eigenvalue weighted by Crippen LogP contribution is 2.30. The molecule has 0 spiro atoms. The second-order valence-electron chi connectivity index (χ2n) is 4.05. The van der Waals surface area contributed by atoms with Gasteiger partial charge in [0.2, 0.25) is 0 Å². The predicted octanol–water partition coefficient (Wildman–Crippen LogP) is 2.98. The zero-order chi connectivity index (χ0) is 11.5. The summed E-state index contributed by atoms with van der Waals surface area (Å²) in [5.74, 6) is 0. The quantitative estimate of drug-likeness (QED) is 0.824. The normalized spacial score (nSPS) is 12.9. The van der Waals surface area contributed by atoms with Gasteiger partial charge in [0.25, 0.3) is 0 Å². The predicted molar refractivity (Wildman–Crippen MR) is 70.7 cm³/mol. The molecule has 16 heavy (non-hydrogen) atoms. The van der Waals surface area contributed by atoms with Crippen LogP contribution in [0.15, 0.2) is 41.8 Å². The van der Waals surface area contributed by atoms with Crippen LogP contribution in [-0.2, 0) is 0 Å². The number of thiophene rings is 1. The second-order valence-corrected chi connectivity index (χ2v) is 5.03. The SMILES string of the molecule is CN(C)C(c1cccc(N)c1)c1cccs1. The van der Waals surface area contributed by atoms with E-state index >= 15 is 0 Å². The van der Waals surface area contributed by atoms with E-state index < -0.39 is 0 Å². The summed E-state index contributed by atoms with van der Waals surface area (Å²) in [7, 11) is 4.18. The van der Waals surface area contributed by atoms with Crippen molar-refractivity contribution in [2.45, 2.75) is 6.04 Å². The van der Waals surface area contributed by atoms with Gasteiger partial charge in [0.05, 0.1) is 6.04 Å². The maximum atomic E-state index is 5.83. The lowest BCUT2D eigenvalue weighted by atomic mass is 10.0. The number of nitrogens with two attached hydrogens (primary N) is 1. The zero-order valence-electron chi connectivity index (χ0n) is 9.55. The summed E-state index contributed by atoms with van der Waals surface area (Å²) in [6.45, 7) is 0. The fraction of sp³-hybridized carbons (Fsp3) is 0.231. The number of benzene rings is 1. The van der Waals surface area contributed by atoms with Crippen LogP contribution in [0.25, 0.3) is 0 Å². The van der Waals surface area contributed by atoms with Crippen molar-refractivity contribution in [3.05, 3.63) is 52.2 Å². The van der Waals surface area contributed by atoms with Crippen LogP contribution in [0, 0.1) is 0 Å². The first kappa shape index (κ1) is 11.2. The molecule has 1 atom stereocenters. The molecule has 0 amide bonds. The van der Waals surface area contributed by atoms with Crippen molar-refractivity contribution in [2.75, 3.05) is 19.8 Å². The summed E-state index contributed by atoms with van der Waals surface area (Å²) in [5, 5.41) is 2.11. The maximum Gasteiger partial charge on any atom is 0.0691 e. The fourth-order valence-corrected chi connectivity index (χ4v) is 2.84. The van der Waals surface area contributed by atoms with Gasteiger partial charge in [0, 0.05) is 10.6 Å². The summed E-state index contributed by atoms with van der Waals surface area (Å²) in [6, 6.07) is 12.6. The Morgan fingerprint density at radius 3 is 2.56 bits per heavy atom. The standard InChI is InChI=1S/C13H16N2S/c1-15(2)13(12-7-4-8-16-12)10-5-3-6-11(14)9-10/h3-9,13H,14H2,1-2H3. The van der Waals surface area contributed by atoms with E-state index in [-0.39, 0.29) is 0 Å². The molecule has 1 heterocycles. The summed E-state index contributed by atoms with van der Waals surface area (Å²) >= 11 is 1.78. The van der Waals surface area contributed by atoms with Crippen molar-refractivity contribution in [1.82, 2.24) is 4.90 Å². The molecule has 2 rings (SSSR count). The van der Waals surface area contributed by atoms with Gasteiger partial charge < -0.3 is 5.73 Å². The van der Waals surface area contributed by atoms with Crippen LogP contribution in [0.5, 0.6) is 0 Å². The molecule has 84 valence electrons. The monoisotopic (exact) mass is 232 g/mol. The Morgan fingerprint density at radius 1 is 1.19 bits per heavy atom. The maximum absolute atomic E-state index is 5.83. The Kier molecular flexibility index (Phi) is 3.27. The van der Waals surface area contributed by atoms with E-state index in [4.69, 9.17) is 5.73 Å². The molecule has 0 fully saturated rings. The van der Waals surface area contributed by atoms with Crippen LogP contribution < -0.4 is 5.73 Å². The minimum Gasteiger partial charge on any atom is -0.399 e. The molecule has 2 nitrogen and oxygen atoms in total. The van der Waals surface area contributed by atoms with E-state index in [1.165, 1.54) is 10.4 Å². The Balaban J connectivity index is 2.41. The first-order valence-electron chi connectivity index (χ1n) is 5.24. The van der Waals surface area contributed by atoms with E-state index in [0.29, 0.717) is 6.04 Å². The summed E-state index contributed by atoms with van der Waals surface area (Å²) in [5.41, 5.74) is 7.90. The van der Waals surface area contributed by atoms with Crippen molar-refractivity contribution in [2.24, 2.45) is 0 Å². The van der Waals surface area contributed by atoms with Crippen LogP contribution in [-0.4, -0.2) is 19.0 Å². The molecule has 1 aromatic carbocycles. The first-order valence-corrected chi connectivity index (χ1v) is 6.11. The van der Waals surface area contributed by atoms with Gasteiger partial charge in [-0.3, -0.25) is 4.90 Å². The molecule has 0 aliphatic heterocycles. The molecule has 2 N–H and O–H groups in total. The zero-order valence-corrected chi connectivity index (χ0v) is 10.4. The third-order valence-corrected chi connectivity index (χ3v) is 3.48. The molecule has 0 aliphatic rings. The molecule has 3 heteroatoms. The van der Waals surface area contributed by atoms with Gasteiger partial charge in [0.1, 0.15) is 0 Å². The average molecular weight is 232 g/mol. The van der Waals surface area contributed by atoms with Crippen LogP contribution in [0.3, 0.4) is 0 Å². The van der Waals surface area contributed by atoms with Gasteiger partial charge >= 0.3 is 0 Å². The number of nitrogens with zero attached hydrogens (tertiary/aromatic N) is 1. The molecule has 0 radical (unpaired) electrons. The third-order valence-electron chi connectivity index (χ3n) is 2.56. The Bertz CT molecular complexity index is 449. The molecule has 1 unspecified atom stereocenters. The molecular weight excluding hydrogens is 216 g/mol. The highest BCUT2D eigenvalue weighted by atomic mass is 32.1. The topological polar surface area (TPSA) is 29.3 Å². The van der Waals surface area contributed by atoms with Crippen molar-refractivity contribution >= 4 is 17.0 Å². The van der Waals surface area contributed by atoms with Crippen molar-refractivity contribution in [1.29, 1.82) is 0 Å². The molecule has 0 saturated carbocycles. The van der Waals surface area contributed by atoms with Crippen molar-refractivity contribution in [3.8, 4) is 0 Å². The van der Waals surface area contributed by atoms with Gasteiger partial charge in [-0.15, -0.1) is 11.3 Å². The lowest BCUT2D eigenvalue weighted by molar-refractivity contribution is 0.346. The Labute approximate surface area is 100 Å². The molecule has 0 saturated heterocycles. The lowest BCUT2D eigenvalue weighted by Gasteiger charge is -2.23. The largest absolute Gasteiger partial charge is 0.399 e. The van der Waals surface area contributed by atoms with E-state index in [1.54, 1.807) is 11.3 Å². The Hall–Kier alpha value is -1.32. The number of hydrogen-bond acceptors (Lipinski definition) is 3. The van der Waals surface area contributed by atoms with Gasteiger partial charge in [-0.1, -0.05) is 18.2 Å².